The topological polar surface area (TPSA) is 36.1 Å². The summed E-state index contributed by atoms with van der Waals surface area (Å²) in [7, 11) is 0. The van der Waals surface area contributed by atoms with Crippen LogP contribution in [0.2, 0.25) is 0 Å². The van der Waals surface area contributed by atoms with Crippen LogP contribution < -0.4 is 4.90 Å². The van der Waals surface area contributed by atoms with E-state index in [-0.39, 0.29) is 11.9 Å². The summed E-state index contributed by atoms with van der Waals surface area (Å²) in [5.74, 6) is 0.0413. The Labute approximate surface area is 193 Å². The van der Waals surface area contributed by atoms with Crippen LogP contribution >= 0.6 is 0 Å². The minimum absolute atomic E-state index is 0.0413. The number of nitrogens with zero attached hydrogens (tertiary/aromatic N) is 1. The third-order valence-corrected chi connectivity index (χ3v) is 6.63. The van der Waals surface area contributed by atoms with Gasteiger partial charge in [0.1, 0.15) is 0 Å². The number of carbonyl (C=O) groups is 1. The minimum Gasteiger partial charge on any atom is -0.354 e. The molecule has 0 radical (unpaired) electrons. The Hall–Kier alpha value is -4.11. The highest BCUT2D eigenvalue weighted by molar-refractivity contribution is 6.13. The Morgan fingerprint density at radius 1 is 0.727 bits per heavy atom. The molecular weight excluding hydrogens is 404 g/mol. The number of hydrogen-bond donors (Lipinski definition) is 1. The van der Waals surface area contributed by atoms with Crippen molar-refractivity contribution in [3.05, 3.63) is 125 Å². The number of aryl methyl sites for hydroxylation is 2. The van der Waals surface area contributed by atoms with Crippen LogP contribution in [0.1, 0.15) is 38.7 Å². The summed E-state index contributed by atoms with van der Waals surface area (Å²) >= 11 is 0. The predicted octanol–water partition coefficient (Wildman–Crippen LogP) is 7.20. The fourth-order valence-corrected chi connectivity index (χ4v) is 4.97. The van der Waals surface area contributed by atoms with Gasteiger partial charge in [-0.3, -0.25) is 9.69 Å². The molecule has 0 saturated heterocycles. The van der Waals surface area contributed by atoms with Gasteiger partial charge in [0.25, 0.3) is 5.91 Å². The fourth-order valence-electron chi connectivity index (χ4n) is 4.97. The summed E-state index contributed by atoms with van der Waals surface area (Å²) in [5, 5.41) is 1.14. The van der Waals surface area contributed by atoms with E-state index in [1.165, 1.54) is 11.1 Å². The molecule has 0 aliphatic carbocycles. The second-order valence-corrected chi connectivity index (χ2v) is 8.83. The lowest BCUT2D eigenvalue weighted by atomic mass is 9.93. The highest BCUT2D eigenvalue weighted by Gasteiger charge is 2.41. The fraction of sp³-hybridized carbons (Fsp3) is 0.100. The van der Waals surface area contributed by atoms with Crippen LogP contribution in [-0.2, 0) is 0 Å². The van der Waals surface area contributed by atoms with Crippen molar-refractivity contribution in [1.29, 1.82) is 0 Å². The molecule has 5 aromatic rings. The lowest BCUT2D eigenvalue weighted by molar-refractivity contribution is 0.0993. The van der Waals surface area contributed by atoms with Gasteiger partial charge in [0.05, 0.1) is 11.7 Å². The van der Waals surface area contributed by atoms with E-state index in [1.807, 2.05) is 41.3 Å². The van der Waals surface area contributed by atoms with Gasteiger partial charge in [-0.25, -0.2) is 0 Å². The van der Waals surface area contributed by atoms with E-state index in [9.17, 15) is 4.79 Å². The number of nitrogens with one attached hydrogen (secondary N) is 1. The van der Waals surface area contributed by atoms with Crippen molar-refractivity contribution >= 4 is 22.5 Å². The van der Waals surface area contributed by atoms with Crippen LogP contribution in [0, 0.1) is 13.8 Å². The first-order valence-electron chi connectivity index (χ1n) is 11.3. The quantitative estimate of drug-likeness (QED) is 0.324. The van der Waals surface area contributed by atoms with Gasteiger partial charge in [0.15, 0.2) is 0 Å². The molecule has 1 aliphatic heterocycles. The Morgan fingerprint density at radius 3 is 2.12 bits per heavy atom. The van der Waals surface area contributed by atoms with E-state index < -0.39 is 0 Å². The molecule has 1 aliphatic rings. The van der Waals surface area contributed by atoms with Gasteiger partial charge in [-0.15, -0.1) is 0 Å². The molecule has 1 aromatic heterocycles. The average Bonchev–Trinajstić information content (AvgIpc) is 3.35. The molecule has 0 unspecified atom stereocenters. The number of anilines is 1. The monoisotopic (exact) mass is 428 g/mol. The number of hydrogen-bond acceptors (Lipinski definition) is 1. The van der Waals surface area contributed by atoms with Crippen LogP contribution in [0.5, 0.6) is 0 Å². The third kappa shape index (κ3) is 3.08. The third-order valence-electron chi connectivity index (χ3n) is 6.63. The Morgan fingerprint density at radius 2 is 1.36 bits per heavy atom. The van der Waals surface area contributed by atoms with Crippen LogP contribution in [-0.4, -0.2) is 10.9 Å². The van der Waals surface area contributed by atoms with Gasteiger partial charge in [-0.2, -0.15) is 0 Å². The van der Waals surface area contributed by atoms with Crippen molar-refractivity contribution in [1.82, 2.24) is 4.98 Å². The van der Waals surface area contributed by atoms with E-state index in [1.54, 1.807) is 0 Å². The van der Waals surface area contributed by atoms with Gasteiger partial charge in [-0.1, -0.05) is 83.9 Å². The molecule has 3 heteroatoms. The number of rotatable bonds is 3. The van der Waals surface area contributed by atoms with Gasteiger partial charge >= 0.3 is 0 Å². The van der Waals surface area contributed by atoms with Crippen molar-refractivity contribution < 1.29 is 4.79 Å². The predicted molar refractivity (Wildman–Crippen MR) is 135 cm³/mol. The van der Waals surface area contributed by atoms with Crippen molar-refractivity contribution in [3.63, 3.8) is 0 Å². The minimum atomic E-state index is -0.219. The average molecular weight is 429 g/mol. The van der Waals surface area contributed by atoms with Gasteiger partial charge in [-0.05, 0) is 49.2 Å². The first-order valence-corrected chi connectivity index (χ1v) is 11.3. The van der Waals surface area contributed by atoms with Crippen molar-refractivity contribution in [2.24, 2.45) is 0 Å². The summed E-state index contributed by atoms with van der Waals surface area (Å²) in [5.41, 5.74) is 9.50. The number of carbonyl (C=O) groups excluding carboxylic acids is 1. The summed E-state index contributed by atoms with van der Waals surface area (Å²) in [6.07, 6.45) is 0. The van der Waals surface area contributed by atoms with E-state index >= 15 is 0 Å². The maximum absolute atomic E-state index is 13.7. The van der Waals surface area contributed by atoms with Gasteiger partial charge in [0, 0.05) is 27.7 Å². The maximum atomic E-state index is 13.7. The molecule has 1 N–H and O–H groups in total. The first-order chi connectivity index (χ1) is 16.1. The van der Waals surface area contributed by atoms with Crippen LogP contribution in [0.3, 0.4) is 0 Å². The maximum Gasteiger partial charge on any atom is 0.259 e. The molecule has 160 valence electrons. The molecule has 4 aromatic carbocycles. The van der Waals surface area contributed by atoms with Crippen LogP contribution in [0.15, 0.2) is 97.1 Å². The molecule has 3 nitrogen and oxygen atoms in total. The second-order valence-electron chi connectivity index (χ2n) is 8.83. The summed E-state index contributed by atoms with van der Waals surface area (Å²) in [6, 6.07) is 33.0. The summed E-state index contributed by atoms with van der Waals surface area (Å²) in [4.78, 5) is 19.4. The van der Waals surface area contributed by atoms with E-state index in [0.29, 0.717) is 0 Å². The van der Waals surface area contributed by atoms with Crippen molar-refractivity contribution in [3.8, 4) is 11.3 Å². The highest BCUT2D eigenvalue weighted by atomic mass is 16.2. The normalized spacial score (nSPS) is 15.3. The first kappa shape index (κ1) is 19.6. The number of aromatic nitrogens is 1. The molecule has 0 bridgehead atoms. The lowest BCUT2D eigenvalue weighted by Gasteiger charge is -2.27. The molecule has 33 heavy (non-hydrogen) atoms. The van der Waals surface area contributed by atoms with Crippen LogP contribution in [0.25, 0.3) is 22.2 Å². The number of amides is 1. The zero-order chi connectivity index (χ0) is 22.5. The van der Waals surface area contributed by atoms with Crippen molar-refractivity contribution in [2.75, 3.05) is 4.90 Å². The number of benzene rings is 4. The molecule has 0 spiro atoms. The molecule has 6 rings (SSSR count). The Balaban J connectivity index is 1.66. The number of para-hydroxylation sites is 1. The molecule has 1 amide bonds. The Bertz CT molecular complexity index is 1490. The summed E-state index contributed by atoms with van der Waals surface area (Å²) in [6.45, 7) is 4.16. The SMILES string of the molecule is Cc1ccc(-c2[nH]c3ccccc3c2[C@@H]2c3ccccc3C(=O)N2c2ccc(C)cc2)cc1. The number of fused-ring (bicyclic) bond motifs is 2. The van der Waals surface area contributed by atoms with Gasteiger partial charge < -0.3 is 4.98 Å². The molecule has 1 atom stereocenters. The van der Waals surface area contributed by atoms with Crippen molar-refractivity contribution in [2.45, 2.75) is 19.9 Å². The zero-order valence-electron chi connectivity index (χ0n) is 18.7. The largest absolute Gasteiger partial charge is 0.354 e. The standard InChI is InChI=1S/C30H24N2O/c1-19-11-15-21(16-12-19)28-27(25-9-5-6-10-26(25)31-28)29-23-7-3-4-8-24(23)30(33)32(29)22-17-13-20(2)14-18-22/h3-18,29,31H,1-2H3/t29-/m0/s1. The number of H-pyrrole nitrogens is 1. The molecule has 0 saturated carbocycles. The smallest absolute Gasteiger partial charge is 0.259 e. The number of aromatic amines is 1. The molecular formula is C30H24N2O. The highest BCUT2D eigenvalue weighted by Crippen LogP contribution is 2.47. The zero-order valence-corrected chi connectivity index (χ0v) is 18.7. The molecule has 2 heterocycles. The summed E-state index contributed by atoms with van der Waals surface area (Å²) < 4.78 is 0. The van der Waals surface area contributed by atoms with Gasteiger partial charge in [0.2, 0.25) is 0 Å². The second kappa shape index (κ2) is 7.49. The van der Waals surface area contributed by atoms with E-state index in [4.69, 9.17) is 0 Å². The van der Waals surface area contributed by atoms with E-state index in [0.717, 1.165) is 44.5 Å². The van der Waals surface area contributed by atoms with Crippen LogP contribution in [0.4, 0.5) is 5.69 Å². The Kier molecular flexibility index (Phi) is 4.44. The molecule has 0 fully saturated rings. The van der Waals surface area contributed by atoms with E-state index in [2.05, 4.69) is 79.5 Å². The lowest BCUT2D eigenvalue weighted by Crippen LogP contribution is -2.28.